The second-order valence-corrected chi connectivity index (χ2v) is 6.59. The van der Waals surface area contributed by atoms with E-state index in [0.717, 1.165) is 17.4 Å². The maximum atomic E-state index is 3.43. The maximum Gasteiger partial charge on any atom is 0.0234 e. The Kier molecular flexibility index (Phi) is 1.98. The molecule has 1 aromatic rings. The van der Waals surface area contributed by atoms with Crippen LogP contribution in [0.4, 0.5) is 0 Å². The van der Waals surface area contributed by atoms with Gasteiger partial charge in [0.1, 0.15) is 0 Å². The first-order chi connectivity index (χ1) is 8.28. The average Bonchev–Trinajstić information content (AvgIpc) is 2.18. The predicted molar refractivity (Wildman–Crippen MR) is 68.7 cm³/mol. The third-order valence-electron chi connectivity index (χ3n) is 4.87. The number of likely N-dealkylation sites (tertiary alicyclic amines) is 1. The summed E-state index contributed by atoms with van der Waals surface area (Å²) in [4.78, 5) is 2.61. The summed E-state index contributed by atoms with van der Waals surface area (Å²) < 4.78 is 0. The van der Waals surface area contributed by atoms with Gasteiger partial charge in [-0.1, -0.05) is 30.3 Å². The molecule has 3 aliphatic rings. The summed E-state index contributed by atoms with van der Waals surface area (Å²) in [5.41, 5.74) is 2.91. The summed E-state index contributed by atoms with van der Waals surface area (Å²) >= 11 is 0. The third-order valence-corrected chi connectivity index (χ3v) is 4.87. The SMILES string of the molecule is c1ccc(CN2CC3(C2)CC2(CNC2)C3)cc1. The van der Waals surface area contributed by atoms with Crippen LogP contribution in [-0.4, -0.2) is 31.1 Å². The topological polar surface area (TPSA) is 15.3 Å². The van der Waals surface area contributed by atoms with Crippen LogP contribution in [0.5, 0.6) is 0 Å². The Balaban J connectivity index is 1.31. The first-order valence-electron chi connectivity index (χ1n) is 6.75. The molecule has 0 unspecified atom stereocenters. The molecular formula is C15H20N2. The number of nitrogens with one attached hydrogen (secondary N) is 1. The van der Waals surface area contributed by atoms with Crippen LogP contribution in [0, 0.1) is 10.8 Å². The molecule has 0 radical (unpaired) electrons. The van der Waals surface area contributed by atoms with Crippen molar-refractivity contribution in [2.24, 2.45) is 10.8 Å². The number of benzene rings is 1. The van der Waals surface area contributed by atoms with Crippen molar-refractivity contribution in [1.29, 1.82) is 0 Å². The van der Waals surface area contributed by atoms with Gasteiger partial charge in [-0.2, -0.15) is 0 Å². The number of rotatable bonds is 2. The van der Waals surface area contributed by atoms with Gasteiger partial charge >= 0.3 is 0 Å². The van der Waals surface area contributed by atoms with Crippen molar-refractivity contribution >= 4 is 0 Å². The van der Waals surface area contributed by atoms with Crippen molar-refractivity contribution in [1.82, 2.24) is 10.2 Å². The Hall–Kier alpha value is -0.860. The molecule has 0 bridgehead atoms. The molecule has 2 spiro atoms. The van der Waals surface area contributed by atoms with Crippen molar-refractivity contribution in [3.63, 3.8) is 0 Å². The maximum absolute atomic E-state index is 3.43. The third kappa shape index (κ3) is 1.54. The lowest BCUT2D eigenvalue weighted by Crippen LogP contribution is -2.72. The highest BCUT2D eigenvalue weighted by Crippen LogP contribution is 2.60. The van der Waals surface area contributed by atoms with Crippen LogP contribution in [0.15, 0.2) is 30.3 Å². The second kappa shape index (κ2) is 3.33. The minimum absolute atomic E-state index is 0.719. The van der Waals surface area contributed by atoms with Gasteiger partial charge in [0, 0.05) is 32.7 Å². The quantitative estimate of drug-likeness (QED) is 0.831. The predicted octanol–water partition coefficient (Wildman–Crippen LogP) is 1.87. The Morgan fingerprint density at radius 3 is 2.29 bits per heavy atom. The lowest BCUT2D eigenvalue weighted by Gasteiger charge is -2.67. The van der Waals surface area contributed by atoms with Gasteiger partial charge in [0.15, 0.2) is 0 Å². The van der Waals surface area contributed by atoms with Gasteiger partial charge in [-0.25, -0.2) is 0 Å². The van der Waals surface area contributed by atoms with Crippen molar-refractivity contribution in [3.8, 4) is 0 Å². The summed E-state index contributed by atoms with van der Waals surface area (Å²) in [5, 5.41) is 3.43. The van der Waals surface area contributed by atoms with Crippen molar-refractivity contribution in [2.75, 3.05) is 26.2 Å². The minimum Gasteiger partial charge on any atom is -0.316 e. The summed E-state index contributed by atoms with van der Waals surface area (Å²) in [5.74, 6) is 0. The molecule has 1 aromatic carbocycles. The van der Waals surface area contributed by atoms with Gasteiger partial charge in [0.2, 0.25) is 0 Å². The number of hydrogen-bond donors (Lipinski definition) is 1. The molecule has 1 saturated carbocycles. The molecule has 2 heteroatoms. The highest BCUT2D eigenvalue weighted by Gasteiger charge is 2.61. The smallest absolute Gasteiger partial charge is 0.0234 e. The standard InChI is InChI=1S/C15H20N2/c1-2-4-13(5-3-1)6-17-11-15(12-17)7-14(8-15)9-16-10-14/h1-5,16H,6-12H2. The van der Waals surface area contributed by atoms with Gasteiger partial charge in [-0.05, 0) is 29.2 Å². The summed E-state index contributed by atoms with van der Waals surface area (Å²) in [7, 11) is 0. The summed E-state index contributed by atoms with van der Waals surface area (Å²) in [6.07, 6.45) is 2.97. The molecule has 0 aromatic heterocycles. The zero-order valence-electron chi connectivity index (χ0n) is 10.3. The molecule has 2 saturated heterocycles. The molecule has 0 atom stereocenters. The second-order valence-electron chi connectivity index (χ2n) is 6.59. The Morgan fingerprint density at radius 2 is 1.71 bits per heavy atom. The Bertz CT molecular complexity index is 406. The van der Waals surface area contributed by atoms with Crippen molar-refractivity contribution < 1.29 is 0 Å². The van der Waals surface area contributed by atoms with Gasteiger partial charge in [0.25, 0.3) is 0 Å². The van der Waals surface area contributed by atoms with Crippen LogP contribution in [0.3, 0.4) is 0 Å². The van der Waals surface area contributed by atoms with Crippen LogP contribution in [-0.2, 0) is 6.54 Å². The summed E-state index contributed by atoms with van der Waals surface area (Å²) in [6.45, 7) is 6.39. The average molecular weight is 228 g/mol. The molecule has 1 aliphatic carbocycles. The van der Waals surface area contributed by atoms with E-state index in [1.54, 1.807) is 0 Å². The van der Waals surface area contributed by atoms with E-state index in [4.69, 9.17) is 0 Å². The zero-order chi connectivity index (χ0) is 11.3. The normalized spacial score (nSPS) is 28.5. The van der Waals surface area contributed by atoms with Crippen LogP contribution in [0.1, 0.15) is 18.4 Å². The minimum atomic E-state index is 0.719. The Labute approximate surface area is 103 Å². The van der Waals surface area contributed by atoms with Gasteiger partial charge in [-0.15, -0.1) is 0 Å². The molecule has 2 heterocycles. The summed E-state index contributed by atoms with van der Waals surface area (Å²) in [6, 6.07) is 10.9. The van der Waals surface area contributed by atoms with Gasteiger partial charge < -0.3 is 5.32 Å². The number of nitrogens with zero attached hydrogens (tertiary/aromatic N) is 1. The van der Waals surface area contributed by atoms with E-state index >= 15 is 0 Å². The van der Waals surface area contributed by atoms with Gasteiger partial charge in [-0.3, -0.25) is 4.90 Å². The molecular weight excluding hydrogens is 208 g/mol. The molecule has 17 heavy (non-hydrogen) atoms. The fourth-order valence-corrected chi connectivity index (χ4v) is 4.35. The van der Waals surface area contributed by atoms with Gasteiger partial charge in [0.05, 0.1) is 0 Å². The zero-order valence-corrected chi connectivity index (χ0v) is 10.3. The van der Waals surface area contributed by atoms with E-state index in [1.807, 2.05) is 0 Å². The van der Waals surface area contributed by atoms with Crippen molar-refractivity contribution in [3.05, 3.63) is 35.9 Å². The van der Waals surface area contributed by atoms with Crippen LogP contribution < -0.4 is 5.32 Å². The van der Waals surface area contributed by atoms with E-state index in [2.05, 4.69) is 40.5 Å². The number of hydrogen-bond acceptors (Lipinski definition) is 2. The van der Waals surface area contributed by atoms with E-state index in [-0.39, 0.29) is 0 Å². The molecule has 2 aliphatic heterocycles. The highest BCUT2D eigenvalue weighted by molar-refractivity contribution is 5.18. The lowest BCUT2D eigenvalue weighted by molar-refractivity contribution is -0.164. The molecule has 90 valence electrons. The molecule has 4 rings (SSSR count). The fourth-order valence-electron chi connectivity index (χ4n) is 4.35. The first kappa shape index (κ1) is 10.1. The molecule has 0 amide bonds. The van der Waals surface area contributed by atoms with E-state index in [0.29, 0.717) is 0 Å². The Morgan fingerprint density at radius 1 is 1.00 bits per heavy atom. The van der Waals surface area contributed by atoms with Crippen LogP contribution in [0.2, 0.25) is 0 Å². The largest absolute Gasteiger partial charge is 0.316 e. The van der Waals surface area contributed by atoms with Crippen LogP contribution >= 0.6 is 0 Å². The molecule has 3 fully saturated rings. The van der Waals surface area contributed by atoms with Crippen molar-refractivity contribution in [2.45, 2.75) is 19.4 Å². The molecule has 2 nitrogen and oxygen atoms in total. The first-order valence-corrected chi connectivity index (χ1v) is 6.75. The van der Waals surface area contributed by atoms with E-state index in [1.165, 1.54) is 44.6 Å². The highest BCUT2D eigenvalue weighted by atomic mass is 15.2. The molecule has 1 N–H and O–H groups in total. The van der Waals surface area contributed by atoms with Crippen LogP contribution in [0.25, 0.3) is 0 Å². The fraction of sp³-hybridized carbons (Fsp3) is 0.600. The van der Waals surface area contributed by atoms with E-state index in [9.17, 15) is 0 Å². The van der Waals surface area contributed by atoms with E-state index < -0.39 is 0 Å². The lowest BCUT2D eigenvalue weighted by atomic mass is 9.47. The monoisotopic (exact) mass is 228 g/mol.